The fraction of sp³-hybridized carbons (Fsp3) is 0.480. The van der Waals surface area contributed by atoms with E-state index in [9.17, 15) is 26.7 Å². The van der Waals surface area contributed by atoms with Crippen LogP contribution < -0.4 is 9.46 Å². The van der Waals surface area contributed by atoms with Gasteiger partial charge < -0.3 is 23.8 Å². The first-order chi connectivity index (χ1) is 19.1. The lowest BCUT2D eigenvalue weighted by Crippen LogP contribution is -2.50. The van der Waals surface area contributed by atoms with Crippen molar-refractivity contribution in [3.8, 4) is 5.75 Å². The predicted octanol–water partition coefficient (Wildman–Crippen LogP) is 1.37. The second-order valence-corrected chi connectivity index (χ2v) is 13.9. The highest BCUT2D eigenvalue weighted by Gasteiger charge is 2.36. The molecular weight excluding hydrogens is 576 g/mol. The van der Waals surface area contributed by atoms with E-state index in [1.54, 1.807) is 14.0 Å². The van der Waals surface area contributed by atoms with Gasteiger partial charge >= 0.3 is 0 Å². The van der Waals surface area contributed by atoms with Crippen molar-refractivity contribution in [1.29, 1.82) is 0 Å². The number of hydrogen-bond acceptors (Lipinski definition) is 10. The van der Waals surface area contributed by atoms with Crippen LogP contribution in [0.1, 0.15) is 35.7 Å². The number of fused-ring (bicyclic) bond motifs is 1. The number of ether oxygens (including phenoxy) is 1. The highest BCUT2D eigenvalue weighted by Crippen LogP contribution is 2.32. The third-order valence-electron chi connectivity index (χ3n) is 6.95. The normalized spacial score (nSPS) is 18.9. The molecule has 0 saturated heterocycles. The van der Waals surface area contributed by atoms with Crippen LogP contribution in [0.5, 0.6) is 5.75 Å². The molecule has 0 fully saturated rings. The molecule has 0 bridgehead atoms. The topological polar surface area (TPSA) is 177 Å². The average molecular weight is 611 g/mol. The van der Waals surface area contributed by atoms with Crippen molar-refractivity contribution in [2.45, 2.75) is 49.8 Å². The van der Waals surface area contributed by atoms with E-state index in [2.05, 4.69) is 14.9 Å². The smallest absolute Gasteiger partial charge is 0.267 e. The lowest BCUT2D eigenvalue weighted by molar-refractivity contribution is 0.0387. The van der Waals surface area contributed by atoms with Gasteiger partial charge in [0.05, 0.1) is 31.1 Å². The number of amides is 1. The molecule has 1 aromatic carbocycles. The third-order valence-corrected chi connectivity index (χ3v) is 10.3. The molecule has 0 spiro atoms. The van der Waals surface area contributed by atoms with Gasteiger partial charge in [-0.3, -0.25) is 9.52 Å². The van der Waals surface area contributed by atoms with Crippen LogP contribution in [0.15, 0.2) is 45.2 Å². The molecule has 3 heterocycles. The number of benzene rings is 1. The van der Waals surface area contributed by atoms with Crippen molar-refractivity contribution in [1.82, 2.24) is 23.9 Å². The van der Waals surface area contributed by atoms with Crippen LogP contribution in [0.3, 0.4) is 0 Å². The molecule has 0 aliphatic carbocycles. The van der Waals surface area contributed by atoms with Gasteiger partial charge in [0, 0.05) is 38.4 Å². The van der Waals surface area contributed by atoms with Crippen LogP contribution in [0.2, 0.25) is 0 Å². The van der Waals surface area contributed by atoms with E-state index in [4.69, 9.17) is 9.26 Å². The van der Waals surface area contributed by atoms with Crippen molar-refractivity contribution in [3.05, 3.63) is 47.7 Å². The summed E-state index contributed by atoms with van der Waals surface area (Å²) in [5.74, 6) is -0.560. The molecule has 1 amide bonds. The summed E-state index contributed by atoms with van der Waals surface area (Å²) in [4.78, 5) is 19.0. The molecule has 41 heavy (non-hydrogen) atoms. The second kappa shape index (κ2) is 11.4. The van der Waals surface area contributed by atoms with Crippen molar-refractivity contribution >= 4 is 31.6 Å². The maximum Gasteiger partial charge on any atom is 0.267 e. The number of hydrogen-bond donors (Lipinski definition) is 2. The Balaban J connectivity index is 1.70. The molecule has 3 aromatic rings. The number of carbonyl (C=O) groups is 1. The van der Waals surface area contributed by atoms with E-state index in [-0.39, 0.29) is 64.0 Å². The number of likely N-dealkylation sites (N-methyl/N-ethyl adjacent to an activating group) is 1. The molecule has 3 atom stereocenters. The van der Waals surface area contributed by atoms with Gasteiger partial charge in [0.1, 0.15) is 17.5 Å². The minimum absolute atomic E-state index is 0.0522. The van der Waals surface area contributed by atoms with Crippen LogP contribution in [0.4, 0.5) is 5.69 Å². The maximum atomic E-state index is 13.7. The molecule has 4 rings (SSSR count). The summed E-state index contributed by atoms with van der Waals surface area (Å²) in [6.45, 7) is 6.27. The monoisotopic (exact) mass is 610 g/mol. The lowest BCUT2D eigenvalue weighted by atomic mass is 9.99. The number of anilines is 1. The number of aryl methyl sites for hydroxylation is 3. The summed E-state index contributed by atoms with van der Waals surface area (Å²) in [6, 6.07) is 3.68. The molecule has 14 nitrogen and oxygen atoms in total. The summed E-state index contributed by atoms with van der Waals surface area (Å²) >= 11 is 0. The number of carbonyl (C=O) groups excluding carboxylic acids is 1. The number of aromatic nitrogens is 3. The van der Waals surface area contributed by atoms with Crippen molar-refractivity contribution in [3.63, 3.8) is 0 Å². The van der Waals surface area contributed by atoms with Gasteiger partial charge in [-0.05, 0) is 39.0 Å². The first-order valence-corrected chi connectivity index (χ1v) is 15.7. The Kier molecular flexibility index (Phi) is 8.50. The molecule has 1 aliphatic heterocycles. The molecule has 0 radical (unpaired) electrons. The Hall–Kier alpha value is -3.47. The van der Waals surface area contributed by atoms with Crippen molar-refractivity contribution < 1.29 is 36.0 Å². The average Bonchev–Trinajstić information content (AvgIpc) is 3.50. The zero-order valence-electron chi connectivity index (χ0n) is 23.6. The summed E-state index contributed by atoms with van der Waals surface area (Å²) in [6.07, 6.45) is 2.09. The van der Waals surface area contributed by atoms with E-state index in [0.29, 0.717) is 0 Å². The zero-order valence-corrected chi connectivity index (χ0v) is 25.2. The quantitative estimate of drug-likeness (QED) is 0.360. The molecular formula is C25H34N6O8S2. The lowest BCUT2D eigenvalue weighted by Gasteiger charge is -2.38. The Morgan fingerprint density at radius 2 is 1.95 bits per heavy atom. The molecule has 224 valence electrons. The van der Waals surface area contributed by atoms with Crippen LogP contribution in [0.25, 0.3) is 0 Å². The van der Waals surface area contributed by atoms with Gasteiger partial charge in [0.2, 0.25) is 0 Å². The number of rotatable bonds is 9. The van der Waals surface area contributed by atoms with Gasteiger partial charge in [-0.1, -0.05) is 12.1 Å². The summed E-state index contributed by atoms with van der Waals surface area (Å²) < 4.78 is 68.8. The fourth-order valence-electron chi connectivity index (χ4n) is 4.60. The van der Waals surface area contributed by atoms with Crippen LogP contribution >= 0.6 is 0 Å². The van der Waals surface area contributed by atoms with Gasteiger partial charge in [-0.25, -0.2) is 21.8 Å². The van der Waals surface area contributed by atoms with E-state index < -0.39 is 38.1 Å². The maximum absolute atomic E-state index is 13.7. The van der Waals surface area contributed by atoms with Gasteiger partial charge in [-0.2, -0.15) is 4.31 Å². The number of aliphatic hydroxyl groups is 1. The minimum atomic E-state index is -4.10. The third kappa shape index (κ3) is 6.10. The molecule has 2 N–H and O–H groups in total. The number of sulfonamides is 2. The molecule has 0 saturated carbocycles. The second-order valence-electron chi connectivity index (χ2n) is 10.3. The van der Waals surface area contributed by atoms with Crippen molar-refractivity contribution in [2.24, 2.45) is 13.0 Å². The van der Waals surface area contributed by atoms with E-state index >= 15 is 0 Å². The minimum Gasteiger partial charge on any atom is -0.488 e. The zero-order chi connectivity index (χ0) is 30.3. The summed E-state index contributed by atoms with van der Waals surface area (Å²) in [5, 5.41) is 13.5. The van der Waals surface area contributed by atoms with E-state index in [0.717, 1.165) is 4.31 Å². The molecule has 1 aliphatic rings. The van der Waals surface area contributed by atoms with Crippen LogP contribution in [-0.2, 0) is 27.1 Å². The predicted molar refractivity (Wildman–Crippen MR) is 147 cm³/mol. The Morgan fingerprint density at radius 1 is 1.24 bits per heavy atom. The fourth-order valence-corrected chi connectivity index (χ4v) is 7.13. The Bertz CT molecular complexity index is 1630. The first kappa shape index (κ1) is 30.5. The Morgan fingerprint density at radius 3 is 2.54 bits per heavy atom. The van der Waals surface area contributed by atoms with E-state index in [1.165, 1.54) is 61.1 Å². The highest BCUT2D eigenvalue weighted by atomic mass is 32.2. The van der Waals surface area contributed by atoms with Crippen molar-refractivity contribution in [2.75, 3.05) is 31.5 Å². The van der Waals surface area contributed by atoms with E-state index in [1.807, 2.05) is 6.92 Å². The van der Waals surface area contributed by atoms with Crippen LogP contribution in [0, 0.1) is 19.8 Å². The molecule has 2 aromatic heterocycles. The number of aliphatic hydroxyl groups excluding tert-OH is 1. The largest absolute Gasteiger partial charge is 0.488 e. The van der Waals surface area contributed by atoms with Gasteiger partial charge in [0.25, 0.3) is 26.0 Å². The standard InChI is InChI=1S/C25H34N6O8S2/c1-15-10-31(16(2)13-32)25(33)20-9-19(28-40(34,35)24-17(3)27-39-18(24)4)7-8-21(20)38-22(15)11-30(6)41(36,37)23-12-29(5)14-26-23/h7-9,12,14-16,22,28,32H,10-11,13H2,1-6H3/t15-,16+,22+/m0/s1. The SMILES string of the molecule is Cc1noc(C)c1S(=O)(=O)Nc1ccc2c(c1)C(=O)N([C@H](C)CO)C[C@H](C)[C@@H](CN(C)S(=O)(=O)c1cn(C)cn1)O2. The number of imidazole rings is 1. The van der Waals surface area contributed by atoms with Gasteiger partial charge in [0.15, 0.2) is 15.7 Å². The number of nitrogens with zero attached hydrogens (tertiary/aromatic N) is 5. The van der Waals surface area contributed by atoms with Gasteiger partial charge in [-0.15, -0.1) is 0 Å². The number of nitrogens with one attached hydrogen (secondary N) is 1. The Labute approximate surface area is 239 Å². The van der Waals surface area contributed by atoms with Crippen LogP contribution in [-0.4, -0.2) is 90.7 Å². The summed E-state index contributed by atoms with van der Waals surface area (Å²) in [7, 11) is -4.94. The molecule has 0 unspecified atom stereocenters. The molecule has 16 heteroatoms. The first-order valence-electron chi connectivity index (χ1n) is 12.8. The summed E-state index contributed by atoms with van der Waals surface area (Å²) in [5.41, 5.74) is 0.332. The highest BCUT2D eigenvalue weighted by molar-refractivity contribution is 7.92.